The summed E-state index contributed by atoms with van der Waals surface area (Å²) < 4.78 is 14.1. The molecule has 0 rings (SSSR count). The van der Waals surface area contributed by atoms with E-state index in [9.17, 15) is 9.00 Å². The zero-order valence-corrected chi connectivity index (χ0v) is 11.9. The summed E-state index contributed by atoms with van der Waals surface area (Å²) in [5.74, 6) is 3.80. The van der Waals surface area contributed by atoms with Gasteiger partial charge >= 0.3 is 0 Å². The van der Waals surface area contributed by atoms with Gasteiger partial charge in [0.2, 0.25) is 5.91 Å². The van der Waals surface area contributed by atoms with Crippen molar-refractivity contribution in [2.45, 2.75) is 47.0 Å². The molecule has 1 N–H and O–H groups in total. The van der Waals surface area contributed by atoms with Crippen LogP contribution in [0.5, 0.6) is 0 Å². The summed E-state index contributed by atoms with van der Waals surface area (Å²) in [5, 5.41) is 0. The van der Waals surface area contributed by atoms with Gasteiger partial charge in [0.1, 0.15) is 0 Å². The summed E-state index contributed by atoms with van der Waals surface area (Å²) in [5.41, 5.74) is -0.398. The van der Waals surface area contributed by atoms with Gasteiger partial charge in [-0.2, -0.15) is 0 Å². The molecule has 0 spiro atoms. The Kier molecular flexibility index (Phi) is 5.53. The van der Waals surface area contributed by atoms with E-state index in [1.165, 1.54) is 6.26 Å². The van der Waals surface area contributed by atoms with Crippen LogP contribution in [0.25, 0.3) is 0 Å². The summed E-state index contributed by atoms with van der Waals surface area (Å²) >= 11 is 0. The second-order valence-electron chi connectivity index (χ2n) is 5.02. The molecule has 1 atom stereocenters. The molecule has 0 radical (unpaired) electrons. The van der Waals surface area contributed by atoms with Crippen LogP contribution in [-0.4, -0.2) is 22.2 Å². The molecule has 0 aromatic carbocycles. The molecule has 96 valence electrons. The lowest BCUT2D eigenvalue weighted by molar-refractivity contribution is -0.130. The van der Waals surface area contributed by atoms with Crippen LogP contribution >= 0.6 is 0 Å². The first-order valence-corrected chi connectivity index (χ1v) is 7.95. The Balaban J connectivity index is 4.97. The maximum Gasteiger partial charge on any atom is 0.237 e. The molecule has 1 unspecified atom stereocenters. The van der Waals surface area contributed by atoms with Gasteiger partial charge in [-0.25, -0.2) is 4.21 Å². The van der Waals surface area contributed by atoms with E-state index >= 15 is 0 Å². The van der Waals surface area contributed by atoms with E-state index in [0.717, 1.165) is 19.3 Å². The monoisotopic (exact) mass is 247 g/mol. The molecule has 16 heavy (non-hydrogen) atoms. The standard InChI is InChI=1S/C12H25NO2S/c1-7-12(8-2,9-10(3)4)11(14)13-16(5,6)15/h10H,5,7-9H2,1-4,6H3,(H,13,14,15). The van der Waals surface area contributed by atoms with Crippen molar-refractivity contribution in [3.05, 3.63) is 0 Å². The van der Waals surface area contributed by atoms with Crippen LogP contribution in [0.2, 0.25) is 0 Å². The Hall–Kier alpha value is -0.510. The molecule has 4 heteroatoms. The zero-order chi connectivity index (χ0) is 13.0. The fourth-order valence-corrected chi connectivity index (χ4v) is 2.65. The highest BCUT2D eigenvalue weighted by atomic mass is 32.2. The lowest BCUT2D eigenvalue weighted by Crippen LogP contribution is -2.43. The van der Waals surface area contributed by atoms with Gasteiger partial charge in [0, 0.05) is 21.4 Å². The van der Waals surface area contributed by atoms with Crippen molar-refractivity contribution in [3.8, 4) is 0 Å². The largest absolute Gasteiger partial charge is 0.283 e. The third-order valence-corrected chi connectivity index (χ3v) is 3.56. The predicted molar refractivity (Wildman–Crippen MR) is 71.8 cm³/mol. The van der Waals surface area contributed by atoms with Gasteiger partial charge in [-0.1, -0.05) is 27.7 Å². The van der Waals surface area contributed by atoms with E-state index in [2.05, 4.69) is 24.4 Å². The Labute approximate surface area is 100 Å². The van der Waals surface area contributed by atoms with Crippen LogP contribution in [0.1, 0.15) is 47.0 Å². The smallest absolute Gasteiger partial charge is 0.237 e. The maximum absolute atomic E-state index is 12.1. The molecule has 0 aliphatic heterocycles. The highest BCUT2D eigenvalue weighted by Gasteiger charge is 2.35. The van der Waals surface area contributed by atoms with E-state index in [4.69, 9.17) is 0 Å². The zero-order valence-electron chi connectivity index (χ0n) is 11.1. The molecule has 0 saturated heterocycles. The number of nitrogens with one attached hydrogen (secondary N) is 1. The lowest BCUT2D eigenvalue weighted by Gasteiger charge is -2.32. The molecule has 3 nitrogen and oxygen atoms in total. The summed E-state index contributed by atoms with van der Waals surface area (Å²) in [6.07, 6.45) is 3.81. The molecule has 0 heterocycles. The lowest BCUT2D eigenvalue weighted by atomic mass is 9.75. The quantitative estimate of drug-likeness (QED) is 0.732. The fraction of sp³-hybridized carbons (Fsp3) is 0.833. The van der Waals surface area contributed by atoms with Gasteiger partial charge in [-0.05, 0) is 31.1 Å². The molecular formula is C12H25NO2S. The third kappa shape index (κ3) is 4.56. The van der Waals surface area contributed by atoms with Crippen LogP contribution in [0.15, 0.2) is 0 Å². The van der Waals surface area contributed by atoms with Gasteiger partial charge < -0.3 is 0 Å². The molecule has 0 bridgehead atoms. The number of hydrogen-bond donors (Lipinski definition) is 1. The molecular weight excluding hydrogens is 222 g/mol. The second kappa shape index (κ2) is 5.71. The van der Waals surface area contributed by atoms with Crippen LogP contribution in [0, 0.1) is 11.3 Å². The number of rotatable bonds is 6. The molecule has 1 amide bonds. The number of hydrogen-bond acceptors (Lipinski definition) is 2. The fourth-order valence-electron chi connectivity index (χ4n) is 2.04. The first-order chi connectivity index (χ1) is 7.17. The average molecular weight is 247 g/mol. The molecule has 0 aromatic rings. The third-order valence-electron chi connectivity index (χ3n) is 2.94. The highest BCUT2D eigenvalue weighted by molar-refractivity contribution is 7.98. The molecule has 0 aromatic heterocycles. The number of carbonyl (C=O) groups excluding carboxylic acids is 1. The Morgan fingerprint density at radius 2 is 1.81 bits per heavy atom. The minimum atomic E-state index is -2.46. The topological polar surface area (TPSA) is 46.2 Å². The van der Waals surface area contributed by atoms with Crippen molar-refractivity contribution in [2.24, 2.45) is 11.3 Å². The Morgan fingerprint density at radius 3 is 2.06 bits per heavy atom. The first-order valence-electron chi connectivity index (χ1n) is 5.81. The van der Waals surface area contributed by atoms with Gasteiger partial charge in [-0.15, -0.1) is 0 Å². The summed E-state index contributed by atoms with van der Waals surface area (Å²) in [6, 6.07) is 0. The van der Waals surface area contributed by atoms with E-state index in [1.807, 2.05) is 13.8 Å². The Morgan fingerprint density at radius 1 is 1.38 bits per heavy atom. The number of amides is 1. The predicted octanol–water partition coefficient (Wildman–Crippen LogP) is 2.22. The molecule has 0 aliphatic carbocycles. The van der Waals surface area contributed by atoms with Crippen molar-refractivity contribution in [3.63, 3.8) is 0 Å². The molecule has 0 aliphatic rings. The van der Waals surface area contributed by atoms with E-state index in [-0.39, 0.29) is 5.91 Å². The van der Waals surface area contributed by atoms with Crippen molar-refractivity contribution >= 4 is 21.5 Å². The molecule has 0 fully saturated rings. The van der Waals surface area contributed by atoms with Crippen molar-refractivity contribution < 1.29 is 9.00 Å². The highest BCUT2D eigenvalue weighted by Crippen LogP contribution is 2.34. The Bertz CT molecular complexity index is 327. The minimum Gasteiger partial charge on any atom is -0.283 e. The van der Waals surface area contributed by atoms with E-state index in [0.29, 0.717) is 5.92 Å². The van der Waals surface area contributed by atoms with E-state index in [1.54, 1.807) is 0 Å². The van der Waals surface area contributed by atoms with Crippen LogP contribution < -0.4 is 4.72 Å². The van der Waals surface area contributed by atoms with E-state index < -0.39 is 15.1 Å². The van der Waals surface area contributed by atoms with Crippen LogP contribution in [0.4, 0.5) is 0 Å². The molecule has 0 saturated carbocycles. The van der Waals surface area contributed by atoms with Crippen LogP contribution in [-0.2, 0) is 14.5 Å². The number of carbonyl (C=O) groups is 1. The maximum atomic E-state index is 12.1. The van der Waals surface area contributed by atoms with Crippen LogP contribution in [0.3, 0.4) is 0 Å². The summed E-state index contributed by atoms with van der Waals surface area (Å²) in [7, 11) is -2.46. The van der Waals surface area contributed by atoms with Gasteiger partial charge in [-0.3, -0.25) is 9.52 Å². The second-order valence-corrected chi connectivity index (χ2v) is 7.24. The average Bonchev–Trinajstić information content (AvgIpc) is 2.11. The van der Waals surface area contributed by atoms with Crippen molar-refractivity contribution in [2.75, 3.05) is 6.26 Å². The van der Waals surface area contributed by atoms with Gasteiger partial charge in [0.15, 0.2) is 0 Å². The first kappa shape index (κ1) is 15.5. The van der Waals surface area contributed by atoms with Crippen molar-refractivity contribution in [1.29, 1.82) is 0 Å². The normalized spacial score (nSPS) is 15.9. The van der Waals surface area contributed by atoms with Gasteiger partial charge in [0.25, 0.3) is 0 Å². The van der Waals surface area contributed by atoms with Crippen molar-refractivity contribution in [1.82, 2.24) is 4.72 Å². The summed E-state index contributed by atoms with van der Waals surface area (Å²) in [4.78, 5) is 12.1. The SMILES string of the molecule is C=S(C)(=O)NC(=O)C(CC)(CC)CC(C)C. The van der Waals surface area contributed by atoms with Gasteiger partial charge in [0.05, 0.1) is 0 Å². The summed E-state index contributed by atoms with van der Waals surface area (Å²) in [6.45, 7) is 8.21. The minimum absolute atomic E-state index is 0.117.